The minimum atomic E-state index is -2.63. The standard InChI is InChI=1S/C21H22F2N4O/c1-15-14-17(16(2)27(15)18-6-4-3-5-7-18)8-9-20(28)25-11-10-19-24-12-13-26(19)21(22)23/h3-9,12-14,21H,10-11H2,1-2H3,(H,25,28)/b9-8+. The lowest BCUT2D eigenvalue weighted by molar-refractivity contribution is -0.116. The highest BCUT2D eigenvalue weighted by atomic mass is 19.3. The van der Waals surface area contributed by atoms with Crippen molar-refractivity contribution in [2.75, 3.05) is 6.54 Å². The van der Waals surface area contributed by atoms with Crippen LogP contribution in [-0.2, 0) is 11.2 Å². The first-order valence-corrected chi connectivity index (χ1v) is 8.97. The molecule has 0 aliphatic carbocycles. The number of aromatic nitrogens is 3. The third-order valence-corrected chi connectivity index (χ3v) is 4.51. The molecule has 5 nitrogen and oxygen atoms in total. The van der Waals surface area contributed by atoms with E-state index < -0.39 is 6.55 Å². The van der Waals surface area contributed by atoms with Gasteiger partial charge in [-0.3, -0.25) is 9.36 Å². The predicted molar refractivity (Wildman–Crippen MR) is 104 cm³/mol. The highest BCUT2D eigenvalue weighted by Gasteiger charge is 2.11. The molecule has 0 bridgehead atoms. The Morgan fingerprint density at radius 3 is 2.71 bits per heavy atom. The van der Waals surface area contributed by atoms with E-state index in [1.165, 1.54) is 18.5 Å². The van der Waals surface area contributed by atoms with E-state index in [9.17, 15) is 13.6 Å². The highest BCUT2D eigenvalue weighted by Crippen LogP contribution is 2.21. The zero-order valence-electron chi connectivity index (χ0n) is 15.8. The second-order valence-corrected chi connectivity index (χ2v) is 6.40. The van der Waals surface area contributed by atoms with E-state index in [-0.39, 0.29) is 24.7 Å². The van der Waals surface area contributed by atoms with Gasteiger partial charge >= 0.3 is 6.55 Å². The Morgan fingerprint density at radius 2 is 2.00 bits per heavy atom. The normalized spacial score (nSPS) is 11.5. The molecule has 2 aromatic heterocycles. The summed E-state index contributed by atoms with van der Waals surface area (Å²) in [4.78, 5) is 15.9. The highest BCUT2D eigenvalue weighted by molar-refractivity contribution is 5.91. The fourth-order valence-corrected chi connectivity index (χ4v) is 3.17. The Kier molecular flexibility index (Phi) is 6.03. The number of para-hydroxylation sites is 1. The smallest absolute Gasteiger partial charge is 0.319 e. The molecule has 1 N–H and O–H groups in total. The first-order chi connectivity index (χ1) is 13.5. The van der Waals surface area contributed by atoms with Crippen molar-refractivity contribution in [3.8, 4) is 5.69 Å². The van der Waals surface area contributed by atoms with Crippen LogP contribution in [0.2, 0.25) is 0 Å². The molecule has 1 aromatic carbocycles. The van der Waals surface area contributed by atoms with Gasteiger partial charge in [0.15, 0.2) is 0 Å². The zero-order valence-corrected chi connectivity index (χ0v) is 15.8. The van der Waals surface area contributed by atoms with Crippen LogP contribution in [0, 0.1) is 13.8 Å². The average molecular weight is 384 g/mol. The molecule has 0 unspecified atom stereocenters. The Labute approximate surface area is 162 Å². The lowest BCUT2D eigenvalue weighted by Crippen LogP contribution is -2.24. The molecule has 7 heteroatoms. The fourth-order valence-electron chi connectivity index (χ4n) is 3.17. The maximum absolute atomic E-state index is 12.8. The predicted octanol–water partition coefficient (Wildman–Crippen LogP) is 4.06. The van der Waals surface area contributed by atoms with Crippen LogP contribution < -0.4 is 5.32 Å². The Bertz CT molecular complexity index is 974. The molecule has 28 heavy (non-hydrogen) atoms. The summed E-state index contributed by atoms with van der Waals surface area (Å²) in [6.07, 6.45) is 6.00. The Hall–Kier alpha value is -3.22. The fraction of sp³-hybridized carbons (Fsp3) is 0.238. The number of rotatable bonds is 7. The number of hydrogen-bond acceptors (Lipinski definition) is 2. The maximum Gasteiger partial charge on any atom is 0.319 e. The molecular formula is C21H22F2N4O. The van der Waals surface area contributed by atoms with Crippen LogP contribution in [0.25, 0.3) is 11.8 Å². The van der Waals surface area contributed by atoms with Crippen molar-refractivity contribution in [1.82, 2.24) is 19.4 Å². The van der Waals surface area contributed by atoms with Gasteiger partial charge in [0.2, 0.25) is 5.91 Å². The molecule has 0 fully saturated rings. The number of carbonyl (C=O) groups is 1. The van der Waals surface area contributed by atoms with Gasteiger partial charge in [-0.15, -0.1) is 0 Å². The molecule has 3 rings (SSSR count). The van der Waals surface area contributed by atoms with E-state index in [0.29, 0.717) is 0 Å². The van der Waals surface area contributed by atoms with Crippen molar-refractivity contribution < 1.29 is 13.6 Å². The Balaban J connectivity index is 1.61. The number of hydrogen-bond donors (Lipinski definition) is 1. The minimum absolute atomic E-state index is 0.232. The van der Waals surface area contributed by atoms with Gasteiger partial charge in [-0.05, 0) is 43.7 Å². The van der Waals surface area contributed by atoms with Crippen molar-refractivity contribution >= 4 is 12.0 Å². The number of nitrogens with zero attached hydrogens (tertiary/aromatic N) is 3. The third-order valence-electron chi connectivity index (χ3n) is 4.51. The summed E-state index contributed by atoms with van der Waals surface area (Å²) in [5.41, 5.74) is 4.12. The minimum Gasteiger partial charge on any atom is -0.352 e. The van der Waals surface area contributed by atoms with Crippen molar-refractivity contribution in [2.24, 2.45) is 0 Å². The maximum atomic E-state index is 12.8. The second kappa shape index (κ2) is 8.65. The van der Waals surface area contributed by atoms with Gasteiger partial charge in [-0.2, -0.15) is 8.78 Å². The van der Waals surface area contributed by atoms with Crippen LogP contribution in [0.1, 0.15) is 29.3 Å². The monoisotopic (exact) mass is 384 g/mol. The van der Waals surface area contributed by atoms with Crippen molar-refractivity contribution in [3.05, 3.63) is 77.6 Å². The molecule has 146 valence electrons. The van der Waals surface area contributed by atoms with E-state index in [1.807, 2.05) is 50.2 Å². The molecule has 2 heterocycles. The molecule has 0 saturated carbocycles. The SMILES string of the molecule is Cc1cc(/C=C/C(=O)NCCc2nccn2C(F)F)c(C)n1-c1ccccc1. The summed E-state index contributed by atoms with van der Waals surface area (Å²) in [5, 5.41) is 2.70. The molecule has 1 amide bonds. The van der Waals surface area contributed by atoms with Crippen molar-refractivity contribution in [3.63, 3.8) is 0 Å². The third kappa shape index (κ3) is 4.36. The van der Waals surface area contributed by atoms with Gasteiger partial charge in [0.25, 0.3) is 0 Å². The van der Waals surface area contributed by atoms with Gasteiger partial charge in [0.1, 0.15) is 5.82 Å². The number of nitrogens with one attached hydrogen (secondary N) is 1. The summed E-state index contributed by atoms with van der Waals surface area (Å²) in [7, 11) is 0. The van der Waals surface area contributed by atoms with E-state index in [4.69, 9.17) is 0 Å². The van der Waals surface area contributed by atoms with E-state index in [0.717, 1.165) is 27.2 Å². The van der Waals surface area contributed by atoms with Crippen LogP contribution >= 0.6 is 0 Å². The largest absolute Gasteiger partial charge is 0.352 e. The lowest BCUT2D eigenvalue weighted by Gasteiger charge is -2.09. The van der Waals surface area contributed by atoms with Gasteiger partial charge in [-0.1, -0.05) is 18.2 Å². The number of halogens is 2. The number of amides is 1. The topological polar surface area (TPSA) is 51.9 Å². The van der Waals surface area contributed by atoms with Gasteiger partial charge in [0, 0.05) is 48.5 Å². The van der Waals surface area contributed by atoms with Crippen LogP contribution in [0.15, 0.2) is 54.9 Å². The molecule has 0 aliphatic heterocycles. The van der Waals surface area contributed by atoms with Crippen LogP contribution in [0.3, 0.4) is 0 Å². The number of aryl methyl sites for hydroxylation is 1. The number of imidazole rings is 1. The lowest BCUT2D eigenvalue weighted by atomic mass is 10.2. The van der Waals surface area contributed by atoms with Crippen molar-refractivity contribution in [2.45, 2.75) is 26.8 Å². The van der Waals surface area contributed by atoms with E-state index in [1.54, 1.807) is 6.08 Å². The van der Waals surface area contributed by atoms with E-state index >= 15 is 0 Å². The molecule has 0 saturated heterocycles. The quantitative estimate of drug-likeness (QED) is 0.625. The molecule has 3 aromatic rings. The van der Waals surface area contributed by atoms with Crippen LogP contribution in [0.5, 0.6) is 0 Å². The van der Waals surface area contributed by atoms with E-state index in [2.05, 4.69) is 14.9 Å². The van der Waals surface area contributed by atoms with Crippen LogP contribution in [0.4, 0.5) is 8.78 Å². The summed E-state index contributed by atoms with van der Waals surface area (Å²) in [6, 6.07) is 12.0. The Morgan fingerprint density at radius 1 is 1.25 bits per heavy atom. The summed E-state index contributed by atoms with van der Waals surface area (Å²) >= 11 is 0. The zero-order chi connectivity index (χ0) is 20.1. The molecule has 0 radical (unpaired) electrons. The van der Waals surface area contributed by atoms with Gasteiger partial charge < -0.3 is 9.88 Å². The summed E-state index contributed by atoms with van der Waals surface area (Å²) in [6.45, 7) is 1.62. The van der Waals surface area contributed by atoms with Gasteiger partial charge in [-0.25, -0.2) is 4.98 Å². The average Bonchev–Trinajstić information content (AvgIpc) is 3.25. The molecule has 0 aliphatic rings. The number of alkyl halides is 2. The molecule has 0 atom stereocenters. The summed E-state index contributed by atoms with van der Waals surface area (Å²) < 4.78 is 28.5. The first-order valence-electron chi connectivity index (χ1n) is 8.97. The molecular weight excluding hydrogens is 362 g/mol. The first kappa shape index (κ1) is 19.5. The second-order valence-electron chi connectivity index (χ2n) is 6.40. The van der Waals surface area contributed by atoms with Crippen molar-refractivity contribution in [1.29, 1.82) is 0 Å². The number of carbonyl (C=O) groups excluding carboxylic acids is 1. The molecule has 0 spiro atoms. The summed E-state index contributed by atoms with van der Waals surface area (Å²) in [5.74, 6) is -0.0367. The van der Waals surface area contributed by atoms with Crippen LogP contribution in [-0.4, -0.2) is 26.6 Å². The number of benzene rings is 1. The van der Waals surface area contributed by atoms with Gasteiger partial charge in [0.05, 0.1) is 0 Å².